The van der Waals surface area contributed by atoms with Gasteiger partial charge < -0.3 is 0 Å². The molecule has 0 amide bonds. The monoisotopic (exact) mass is 433 g/mol. The molecule has 31 heavy (non-hydrogen) atoms. The van der Waals surface area contributed by atoms with Crippen LogP contribution in [0.15, 0.2) is 24.3 Å². The van der Waals surface area contributed by atoms with E-state index in [1.54, 1.807) is 12.1 Å². The van der Waals surface area contributed by atoms with Crippen molar-refractivity contribution < 1.29 is 4.39 Å². The van der Waals surface area contributed by atoms with Crippen molar-refractivity contribution in [1.29, 1.82) is 0 Å². The number of nitrogens with zero attached hydrogens (tertiary/aromatic N) is 1. The van der Waals surface area contributed by atoms with Crippen LogP contribution in [0, 0.1) is 5.82 Å². The first kappa shape index (κ1) is 28.1. The fourth-order valence-electron chi connectivity index (χ4n) is 4.46. The molecule has 0 heterocycles. The van der Waals surface area contributed by atoms with E-state index < -0.39 is 0 Å². The van der Waals surface area contributed by atoms with Crippen molar-refractivity contribution in [3.8, 4) is 0 Å². The van der Waals surface area contributed by atoms with E-state index in [0.29, 0.717) is 0 Å². The average molecular weight is 434 g/mol. The summed E-state index contributed by atoms with van der Waals surface area (Å²) in [6.07, 6.45) is 24.7. The normalized spacial score (nSPS) is 11.5. The van der Waals surface area contributed by atoms with Gasteiger partial charge in [0.05, 0.1) is 0 Å². The third kappa shape index (κ3) is 17.4. The van der Waals surface area contributed by atoms with Crippen molar-refractivity contribution in [3.05, 3.63) is 35.6 Å². The quantitative estimate of drug-likeness (QED) is 0.164. The molecule has 2 heteroatoms. The van der Waals surface area contributed by atoms with Gasteiger partial charge in [-0.05, 0) is 43.6 Å². The van der Waals surface area contributed by atoms with Gasteiger partial charge in [0.2, 0.25) is 0 Å². The summed E-state index contributed by atoms with van der Waals surface area (Å²) in [7, 11) is 0. The molecule has 0 saturated carbocycles. The van der Waals surface area contributed by atoms with Gasteiger partial charge in [0.15, 0.2) is 0 Å². The molecule has 0 aliphatic rings. The molecule has 0 spiro atoms. The smallest absolute Gasteiger partial charge is 0.123 e. The Morgan fingerprint density at radius 1 is 0.581 bits per heavy atom. The summed E-state index contributed by atoms with van der Waals surface area (Å²) < 4.78 is 13.6. The first-order valence-corrected chi connectivity index (χ1v) is 13.7. The van der Waals surface area contributed by atoms with Gasteiger partial charge in [-0.3, -0.25) is 4.90 Å². The number of hydrogen-bond donors (Lipinski definition) is 0. The van der Waals surface area contributed by atoms with Crippen molar-refractivity contribution in [3.63, 3.8) is 0 Å². The molecule has 0 radical (unpaired) electrons. The van der Waals surface area contributed by atoms with Crippen LogP contribution >= 0.6 is 0 Å². The van der Waals surface area contributed by atoms with Crippen LogP contribution in [0.25, 0.3) is 0 Å². The van der Waals surface area contributed by atoms with Crippen molar-refractivity contribution in [2.24, 2.45) is 0 Å². The van der Waals surface area contributed by atoms with Crippen molar-refractivity contribution in [2.75, 3.05) is 13.1 Å². The summed E-state index contributed by atoms with van der Waals surface area (Å²) in [6, 6.07) is 7.18. The molecule has 0 saturated heterocycles. The third-order valence-electron chi connectivity index (χ3n) is 6.45. The first-order chi connectivity index (χ1) is 15.3. The molecule has 1 aromatic rings. The number of halogens is 1. The molecule has 0 aliphatic heterocycles. The Balaban J connectivity index is 2.21. The van der Waals surface area contributed by atoms with Gasteiger partial charge in [0.1, 0.15) is 5.82 Å². The summed E-state index contributed by atoms with van der Waals surface area (Å²) >= 11 is 0. The molecule has 0 atom stereocenters. The largest absolute Gasteiger partial charge is 0.299 e. The van der Waals surface area contributed by atoms with Crippen LogP contribution in [-0.2, 0) is 6.54 Å². The Kier molecular flexibility index (Phi) is 19.0. The topological polar surface area (TPSA) is 3.24 Å². The fraction of sp³-hybridized carbons (Fsp3) is 0.793. The van der Waals surface area contributed by atoms with Crippen LogP contribution in [0.3, 0.4) is 0 Å². The third-order valence-corrected chi connectivity index (χ3v) is 6.45. The Labute approximate surface area is 194 Å². The standard InChI is InChI=1S/C29H52FN/c1-3-5-7-9-11-13-15-17-19-24-31(27-28-22-21-23-29(30)26-28)25-20-18-16-14-12-10-8-6-4-2/h21-23,26H,3-20,24-25,27H2,1-2H3. The van der Waals surface area contributed by atoms with Crippen LogP contribution in [0.4, 0.5) is 4.39 Å². The van der Waals surface area contributed by atoms with Crippen LogP contribution in [0.5, 0.6) is 0 Å². The van der Waals surface area contributed by atoms with Crippen LogP contribution in [-0.4, -0.2) is 18.0 Å². The molecular weight excluding hydrogens is 381 g/mol. The molecule has 0 aromatic heterocycles. The molecule has 0 N–H and O–H groups in total. The zero-order chi connectivity index (χ0) is 22.4. The van der Waals surface area contributed by atoms with Crippen LogP contribution in [0.1, 0.15) is 135 Å². The minimum atomic E-state index is -0.108. The lowest BCUT2D eigenvalue weighted by Crippen LogP contribution is -2.25. The maximum Gasteiger partial charge on any atom is 0.123 e. The summed E-state index contributed by atoms with van der Waals surface area (Å²) in [5.41, 5.74) is 1.12. The molecule has 1 rings (SSSR count). The van der Waals surface area contributed by atoms with E-state index in [9.17, 15) is 4.39 Å². The average Bonchev–Trinajstić information content (AvgIpc) is 2.76. The Hall–Kier alpha value is -0.890. The lowest BCUT2D eigenvalue weighted by atomic mass is 10.1. The van der Waals surface area contributed by atoms with E-state index in [2.05, 4.69) is 24.8 Å². The number of benzene rings is 1. The van der Waals surface area contributed by atoms with E-state index >= 15 is 0 Å². The minimum Gasteiger partial charge on any atom is -0.299 e. The first-order valence-electron chi connectivity index (χ1n) is 13.7. The van der Waals surface area contributed by atoms with Gasteiger partial charge in [-0.2, -0.15) is 0 Å². The minimum absolute atomic E-state index is 0.108. The van der Waals surface area contributed by atoms with Gasteiger partial charge in [-0.1, -0.05) is 129 Å². The molecule has 1 aromatic carbocycles. The second-order valence-electron chi connectivity index (χ2n) is 9.56. The zero-order valence-corrected chi connectivity index (χ0v) is 21.0. The molecule has 0 fully saturated rings. The highest BCUT2D eigenvalue weighted by Crippen LogP contribution is 2.14. The predicted octanol–water partition coefficient (Wildman–Crippen LogP) is 9.69. The predicted molar refractivity (Wildman–Crippen MR) is 136 cm³/mol. The maximum atomic E-state index is 13.6. The lowest BCUT2D eigenvalue weighted by Gasteiger charge is -2.22. The van der Waals surface area contributed by atoms with Crippen LogP contribution < -0.4 is 0 Å². The van der Waals surface area contributed by atoms with Gasteiger partial charge >= 0.3 is 0 Å². The Morgan fingerprint density at radius 3 is 1.42 bits per heavy atom. The van der Waals surface area contributed by atoms with Crippen molar-refractivity contribution in [2.45, 2.75) is 136 Å². The fourth-order valence-corrected chi connectivity index (χ4v) is 4.46. The van der Waals surface area contributed by atoms with E-state index in [0.717, 1.165) is 25.2 Å². The highest BCUT2D eigenvalue weighted by Gasteiger charge is 2.07. The van der Waals surface area contributed by atoms with Gasteiger partial charge in [-0.25, -0.2) is 4.39 Å². The molecule has 0 bridgehead atoms. The lowest BCUT2D eigenvalue weighted by molar-refractivity contribution is 0.252. The highest BCUT2D eigenvalue weighted by atomic mass is 19.1. The van der Waals surface area contributed by atoms with Crippen molar-refractivity contribution >= 4 is 0 Å². The summed E-state index contributed by atoms with van der Waals surface area (Å²) in [5, 5.41) is 0. The van der Waals surface area contributed by atoms with Crippen molar-refractivity contribution in [1.82, 2.24) is 4.90 Å². The summed E-state index contributed by atoms with van der Waals surface area (Å²) in [5.74, 6) is -0.108. The Morgan fingerprint density at radius 2 is 1.00 bits per heavy atom. The molecular formula is C29H52FN. The van der Waals surface area contributed by atoms with E-state index in [1.165, 1.54) is 116 Å². The second kappa shape index (κ2) is 21.0. The zero-order valence-electron chi connectivity index (χ0n) is 21.0. The molecule has 180 valence electrons. The van der Waals surface area contributed by atoms with E-state index in [4.69, 9.17) is 0 Å². The highest BCUT2D eigenvalue weighted by molar-refractivity contribution is 5.16. The van der Waals surface area contributed by atoms with Gasteiger partial charge in [0.25, 0.3) is 0 Å². The molecule has 0 aliphatic carbocycles. The maximum absolute atomic E-state index is 13.6. The SMILES string of the molecule is CCCCCCCCCCCN(CCCCCCCCCCC)Cc1cccc(F)c1. The van der Waals surface area contributed by atoms with E-state index in [-0.39, 0.29) is 5.82 Å². The summed E-state index contributed by atoms with van der Waals surface area (Å²) in [6.45, 7) is 7.77. The molecule has 0 unspecified atom stereocenters. The van der Waals surface area contributed by atoms with Gasteiger partial charge in [-0.15, -0.1) is 0 Å². The van der Waals surface area contributed by atoms with Gasteiger partial charge in [0, 0.05) is 6.54 Å². The second-order valence-corrected chi connectivity index (χ2v) is 9.56. The Bertz CT molecular complexity index is 479. The summed E-state index contributed by atoms with van der Waals surface area (Å²) in [4.78, 5) is 2.57. The number of unbranched alkanes of at least 4 members (excludes halogenated alkanes) is 16. The number of rotatable bonds is 22. The van der Waals surface area contributed by atoms with Crippen LogP contribution in [0.2, 0.25) is 0 Å². The molecule has 1 nitrogen and oxygen atoms in total. The van der Waals surface area contributed by atoms with E-state index in [1.807, 2.05) is 6.07 Å². The number of hydrogen-bond acceptors (Lipinski definition) is 1.